The molecule has 1 unspecified atom stereocenters. The van der Waals surface area contributed by atoms with Gasteiger partial charge in [-0.15, -0.1) is 24.0 Å². The number of anilines is 1. The first kappa shape index (κ1) is 23.6. The number of aryl methyl sites for hydroxylation is 1. The number of aromatic nitrogens is 2. The molecule has 28 heavy (non-hydrogen) atoms. The number of aliphatic imine (C=N–C) groups is 1. The third-order valence-corrected chi connectivity index (χ3v) is 6.36. The molecule has 1 atom stereocenters. The van der Waals surface area contributed by atoms with Crippen molar-refractivity contribution in [3.63, 3.8) is 0 Å². The van der Waals surface area contributed by atoms with Crippen LogP contribution in [0.2, 0.25) is 0 Å². The van der Waals surface area contributed by atoms with E-state index < -0.39 is 0 Å². The zero-order valence-electron chi connectivity index (χ0n) is 17.6. The van der Waals surface area contributed by atoms with E-state index >= 15 is 0 Å². The highest BCUT2D eigenvalue weighted by atomic mass is 127. The van der Waals surface area contributed by atoms with E-state index in [-0.39, 0.29) is 24.0 Å². The Labute approximate surface area is 191 Å². The molecule has 0 aromatic carbocycles. The Kier molecular flexibility index (Phi) is 10.2. The molecule has 1 N–H and O–H groups in total. The number of halogens is 1. The Morgan fingerprint density at radius 2 is 1.96 bits per heavy atom. The van der Waals surface area contributed by atoms with Gasteiger partial charge in [0.15, 0.2) is 5.96 Å². The van der Waals surface area contributed by atoms with Crippen LogP contribution < -0.4 is 10.2 Å². The molecule has 0 aliphatic carbocycles. The van der Waals surface area contributed by atoms with Gasteiger partial charge >= 0.3 is 0 Å². The van der Waals surface area contributed by atoms with Crippen LogP contribution in [0.1, 0.15) is 45.9 Å². The fraction of sp³-hybridized carbons (Fsp3) is 0.842. The SMILES string of the molecule is CCNC(=NCCN1CCCCC1C)N1CCN(c2nc(CC)ns2)CC1.I. The summed E-state index contributed by atoms with van der Waals surface area (Å²) in [5.74, 6) is 2.02. The van der Waals surface area contributed by atoms with Crippen molar-refractivity contribution >= 4 is 46.6 Å². The number of hydrogen-bond acceptors (Lipinski definition) is 6. The van der Waals surface area contributed by atoms with E-state index in [1.807, 2.05) is 0 Å². The van der Waals surface area contributed by atoms with Crippen LogP contribution in [0, 0.1) is 0 Å². The number of guanidine groups is 1. The summed E-state index contributed by atoms with van der Waals surface area (Å²) < 4.78 is 4.42. The van der Waals surface area contributed by atoms with Gasteiger partial charge in [-0.25, -0.2) is 4.98 Å². The topological polar surface area (TPSA) is 59.9 Å². The second-order valence-electron chi connectivity index (χ2n) is 7.44. The van der Waals surface area contributed by atoms with Gasteiger partial charge in [0.25, 0.3) is 0 Å². The van der Waals surface area contributed by atoms with Gasteiger partial charge in [-0.2, -0.15) is 4.37 Å². The van der Waals surface area contributed by atoms with Crippen molar-refractivity contribution < 1.29 is 0 Å². The van der Waals surface area contributed by atoms with Crippen molar-refractivity contribution in [2.24, 2.45) is 4.99 Å². The van der Waals surface area contributed by atoms with Crippen LogP contribution in [0.4, 0.5) is 5.13 Å². The molecule has 1 aromatic rings. The summed E-state index contributed by atoms with van der Waals surface area (Å²) >= 11 is 1.53. The lowest BCUT2D eigenvalue weighted by molar-refractivity contribution is 0.165. The Bertz CT molecular complexity index is 601. The summed E-state index contributed by atoms with van der Waals surface area (Å²) in [5, 5.41) is 4.55. The van der Waals surface area contributed by atoms with E-state index in [4.69, 9.17) is 4.99 Å². The number of hydrogen-bond donors (Lipinski definition) is 1. The first-order chi connectivity index (χ1) is 13.2. The maximum atomic E-state index is 4.93. The minimum absolute atomic E-state index is 0. The first-order valence-corrected chi connectivity index (χ1v) is 11.3. The fourth-order valence-corrected chi connectivity index (χ4v) is 4.63. The summed E-state index contributed by atoms with van der Waals surface area (Å²) in [6.07, 6.45) is 4.95. The molecule has 2 aliphatic heterocycles. The largest absolute Gasteiger partial charge is 0.357 e. The van der Waals surface area contributed by atoms with Gasteiger partial charge in [-0.1, -0.05) is 13.3 Å². The molecule has 0 radical (unpaired) electrons. The molecule has 2 aliphatic rings. The van der Waals surface area contributed by atoms with Gasteiger partial charge in [0, 0.05) is 63.3 Å². The van der Waals surface area contributed by atoms with Crippen LogP contribution in [-0.2, 0) is 6.42 Å². The zero-order chi connectivity index (χ0) is 19.1. The van der Waals surface area contributed by atoms with Crippen LogP contribution in [0.5, 0.6) is 0 Å². The average molecular weight is 522 g/mol. The Balaban J connectivity index is 0.00000280. The standard InChI is InChI=1S/C19H35N7S.HI/c1-4-17-22-19(27-23-17)26-14-12-25(13-15-26)18(20-5-2)21-9-11-24-10-7-6-8-16(24)3;/h16H,4-15H2,1-3H3,(H,20,21);1H. The molecule has 2 saturated heterocycles. The van der Waals surface area contributed by atoms with Crippen molar-refractivity contribution in [2.45, 2.75) is 52.5 Å². The molecule has 7 nitrogen and oxygen atoms in total. The van der Waals surface area contributed by atoms with Crippen LogP contribution in [0.15, 0.2) is 4.99 Å². The third kappa shape index (κ3) is 6.41. The number of piperidine rings is 1. The van der Waals surface area contributed by atoms with Crippen molar-refractivity contribution in [2.75, 3.05) is 57.3 Å². The van der Waals surface area contributed by atoms with E-state index in [0.717, 1.165) is 69.1 Å². The first-order valence-electron chi connectivity index (χ1n) is 10.6. The minimum atomic E-state index is 0. The number of piperazine rings is 1. The van der Waals surface area contributed by atoms with E-state index in [9.17, 15) is 0 Å². The summed E-state index contributed by atoms with van der Waals surface area (Å²) in [5.41, 5.74) is 0. The zero-order valence-corrected chi connectivity index (χ0v) is 20.7. The predicted molar refractivity (Wildman–Crippen MR) is 129 cm³/mol. The highest BCUT2D eigenvalue weighted by molar-refractivity contribution is 14.0. The summed E-state index contributed by atoms with van der Waals surface area (Å²) in [6, 6.07) is 0.708. The predicted octanol–water partition coefficient (Wildman–Crippen LogP) is 2.68. The van der Waals surface area contributed by atoms with Crippen LogP contribution in [0.25, 0.3) is 0 Å². The monoisotopic (exact) mass is 521 g/mol. The van der Waals surface area contributed by atoms with Crippen LogP contribution in [-0.4, -0.2) is 83.5 Å². The molecule has 3 heterocycles. The summed E-state index contributed by atoms with van der Waals surface area (Å²) in [6.45, 7) is 14.6. The van der Waals surface area contributed by atoms with Gasteiger partial charge in [0.05, 0.1) is 6.54 Å². The quantitative estimate of drug-likeness (QED) is 0.353. The highest BCUT2D eigenvalue weighted by Gasteiger charge is 2.22. The van der Waals surface area contributed by atoms with Crippen molar-refractivity contribution in [3.05, 3.63) is 5.82 Å². The maximum absolute atomic E-state index is 4.93. The van der Waals surface area contributed by atoms with E-state index in [2.05, 4.69) is 50.1 Å². The van der Waals surface area contributed by atoms with Crippen molar-refractivity contribution in [1.29, 1.82) is 0 Å². The molecular formula is C19H36IN7S. The second-order valence-corrected chi connectivity index (χ2v) is 8.17. The molecule has 0 bridgehead atoms. The molecule has 0 amide bonds. The number of nitrogens with one attached hydrogen (secondary N) is 1. The second kappa shape index (κ2) is 12.1. The lowest BCUT2D eigenvalue weighted by Gasteiger charge is -2.36. The number of rotatable bonds is 6. The number of likely N-dealkylation sites (tertiary alicyclic amines) is 1. The Hall–Kier alpha value is -0.680. The molecule has 160 valence electrons. The molecular weight excluding hydrogens is 485 g/mol. The summed E-state index contributed by atoms with van der Waals surface area (Å²) in [7, 11) is 0. The summed E-state index contributed by atoms with van der Waals surface area (Å²) in [4.78, 5) is 16.9. The van der Waals surface area contributed by atoms with Gasteiger partial charge in [-0.05, 0) is 33.2 Å². The fourth-order valence-electron chi connectivity index (χ4n) is 3.83. The van der Waals surface area contributed by atoms with Gasteiger partial charge in [0.1, 0.15) is 5.82 Å². The van der Waals surface area contributed by atoms with E-state index in [1.165, 1.54) is 37.3 Å². The molecule has 2 fully saturated rings. The Morgan fingerprint density at radius 3 is 2.61 bits per heavy atom. The minimum Gasteiger partial charge on any atom is -0.357 e. The van der Waals surface area contributed by atoms with Gasteiger partial charge in [0.2, 0.25) is 5.13 Å². The molecule has 3 rings (SSSR count). The van der Waals surface area contributed by atoms with E-state index in [1.54, 1.807) is 0 Å². The average Bonchev–Trinajstić information content (AvgIpc) is 3.18. The van der Waals surface area contributed by atoms with Crippen molar-refractivity contribution in [1.82, 2.24) is 24.5 Å². The van der Waals surface area contributed by atoms with Gasteiger partial charge < -0.3 is 15.1 Å². The number of nitrogens with zero attached hydrogens (tertiary/aromatic N) is 6. The Morgan fingerprint density at radius 1 is 1.18 bits per heavy atom. The molecule has 0 saturated carbocycles. The maximum Gasteiger partial charge on any atom is 0.205 e. The van der Waals surface area contributed by atoms with Gasteiger partial charge in [-0.3, -0.25) is 9.89 Å². The van der Waals surface area contributed by atoms with Crippen LogP contribution >= 0.6 is 35.5 Å². The van der Waals surface area contributed by atoms with Crippen molar-refractivity contribution in [3.8, 4) is 0 Å². The van der Waals surface area contributed by atoms with Crippen LogP contribution in [0.3, 0.4) is 0 Å². The highest BCUT2D eigenvalue weighted by Crippen LogP contribution is 2.19. The smallest absolute Gasteiger partial charge is 0.205 e. The van der Waals surface area contributed by atoms with E-state index in [0.29, 0.717) is 6.04 Å². The molecule has 9 heteroatoms. The molecule has 1 aromatic heterocycles. The lowest BCUT2D eigenvalue weighted by Crippen LogP contribution is -2.52. The third-order valence-electron chi connectivity index (χ3n) is 5.55. The normalized spacial score (nSPS) is 21.5. The lowest BCUT2D eigenvalue weighted by atomic mass is 10.0. The molecule has 0 spiro atoms.